The number of nitrogens with zero attached hydrogens (tertiary/aromatic N) is 4. The average Bonchev–Trinajstić information content (AvgIpc) is 3.22. The van der Waals surface area contributed by atoms with Gasteiger partial charge in [-0.2, -0.15) is 0 Å². The third kappa shape index (κ3) is 8.33. The lowest BCUT2D eigenvalue weighted by Gasteiger charge is -2.38. The van der Waals surface area contributed by atoms with E-state index in [0.717, 1.165) is 81.0 Å². The lowest BCUT2D eigenvalue weighted by atomic mass is 9.87. The third-order valence-corrected chi connectivity index (χ3v) is 12.7. The number of fused-ring (bicyclic) bond motifs is 2. The van der Waals surface area contributed by atoms with E-state index in [1.165, 1.54) is 16.7 Å². The predicted molar refractivity (Wildman–Crippen MR) is 226 cm³/mol. The maximum Gasteiger partial charge on any atom is 0.204 e. The SMILES string of the molecule is COc1ccc2cc1Oc1ccc(cc1)C[C@H]1c3cc(c(OC)cc3CCN1C)Oc1c(OCC(O)CN3CCN(C(C)C)CC3)c(OC)cc3c1[C@H](C2)N(C)CC3. The van der Waals surface area contributed by atoms with Gasteiger partial charge >= 0.3 is 0 Å². The molecule has 0 aliphatic carbocycles. The molecular formula is C47H60N4O7. The summed E-state index contributed by atoms with van der Waals surface area (Å²) in [6.45, 7) is 10.7. The average molecular weight is 793 g/mol. The van der Waals surface area contributed by atoms with Crippen molar-refractivity contribution in [1.82, 2.24) is 19.6 Å². The molecule has 4 aromatic rings. The molecule has 1 saturated heterocycles. The van der Waals surface area contributed by atoms with E-state index in [4.69, 9.17) is 28.4 Å². The van der Waals surface area contributed by atoms with Gasteiger partial charge in [0.25, 0.3) is 0 Å². The van der Waals surface area contributed by atoms with Gasteiger partial charge in [0.15, 0.2) is 34.5 Å². The maximum atomic E-state index is 11.5. The van der Waals surface area contributed by atoms with Crippen molar-refractivity contribution in [2.75, 3.05) is 87.8 Å². The molecule has 3 atom stereocenters. The van der Waals surface area contributed by atoms with Gasteiger partial charge in [0.1, 0.15) is 18.5 Å². The summed E-state index contributed by atoms with van der Waals surface area (Å²) in [7, 11) is 9.41. The first-order valence-corrected chi connectivity index (χ1v) is 20.9. The molecule has 4 aromatic carbocycles. The summed E-state index contributed by atoms with van der Waals surface area (Å²) < 4.78 is 38.5. The zero-order valence-corrected chi connectivity index (χ0v) is 35.3. The van der Waals surface area contributed by atoms with E-state index < -0.39 is 6.10 Å². The summed E-state index contributed by atoms with van der Waals surface area (Å²) in [6.07, 6.45) is 2.49. The molecule has 0 saturated carbocycles. The fraction of sp³-hybridized carbons (Fsp3) is 0.489. The van der Waals surface area contributed by atoms with Crippen molar-refractivity contribution in [2.45, 2.75) is 63.8 Å². The molecular weight excluding hydrogens is 733 g/mol. The Kier molecular flexibility index (Phi) is 12.1. The van der Waals surface area contributed by atoms with Crippen LogP contribution >= 0.6 is 0 Å². The largest absolute Gasteiger partial charge is 0.493 e. The van der Waals surface area contributed by atoms with Crippen LogP contribution in [0.1, 0.15) is 59.3 Å². The Bertz CT molecular complexity index is 2070. The van der Waals surface area contributed by atoms with E-state index in [2.05, 4.69) is 90.0 Å². The highest BCUT2D eigenvalue weighted by atomic mass is 16.6. The molecule has 1 unspecified atom stereocenters. The number of likely N-dealkylation sites (N-methyl/N-ethyl adjacent to an activating group) is 2. The zero-order chi connectivity index (χ0) is 40.5. The Hall–Kier alpha value is -4.52. The minimum Gasteiger partial charge on any atom is -0.493 e. The second kappa shape index (κ2) is 17.4. The summed E-state index contributed by atoms with van der Waals surface area (Å²) >= 11 is 0. The van der Waals surface area contributed by atoms with Crippen LogP contribution in [0.25, 0.3) is 0 Å². The molecule has 9 rings (SSSR count). The summed E-state index contributed by atoms with van der Waals surface area (Å²) in [6, 6.07) is 21.6. The van der Waals surface area contributed by atoms with Crippen molar-refractivity contribution >= 4 is 0 Å². The van der Waals surface area contributed by atoms with Crippen molar-refractivity contribution in [1.29, 1.82) is 0 Å². The fourth-order valence-electron chi connectivity index (χ4n) is 9.21. The standard InChI is InChI=1S/C47H60N4O7/c1-30(2)51-20-18-50(19-21-51)28-35(52)29-56-46-44(55-7)26-34-15-17-49(4)39-23-32-10-13-40(53-5)42(24-32)57-36-11-8-31(9-12-36)22-38-37-27-43(58-47(46)45(34)39)41(54-6)25-33(37)14-16-48(38)3/h8-13,24-27,30,35,38-39,52H,14-23,28-29H2,1-7H3/t35?,38-,39-/m0/s1. The first kappa shape index (κ1) is 40.3. The van der Waals surface area contributed by atoms with Crippen molar-refractivity contribution in [3.05, 3.63) is 94.0 Å². The molecule has 5 heterocycles. The number of aliphatic hydroxyl groups is 1. The molecule has 0 spiro atoms. The smallest absolute Gasteiger partial charge is 0.204 e. The Labute approximate surface area is 343 Å². The third-order valence-electron chi connectivity index (χ3n) is 12.7. The first-order valence-electron chi connectivity index (χ1n) is 20.9. The summed E-state index contributed by atoms with van der Waals surface area (Å²) in [5, 5.41) is 11.5. The van der Waals surface area contributed by atoms with Crippen LogP contribution in [0.5, 0.6) is 46.0 Å². The highest BCUT2D eigenvalue weighted by Gasteiger charge is 2.35. The van der Waals surface area contributed by atoms with Crippen molar-refractivity contribution in [2.24, 2.45) is 0 Å². The number of benzene rings is 4. The molecule has 58 heavy (non-hydrogen) atoms. The summed E-state index contributed by atoms with van der Waals surface area (Å²) in [5.41, 5.74) is 6.94. The van der Waals surface area contributed by atoms with E-state index in [0.29, 0.717) is 59.3 Å². The van der Waals surface area contributed by atoms with Gasteiger partial charge in [0.2, 0.25) is 5.75 Å². The molecule has 1 fully saturated rings. The highest BCUT2D eigenvalue weighted by Crippen LogP contribution is 2.52. The quantitative estimate of drug-likeness (QED) is 0.192. The highest BCUT2D eigenvalue weighted by molar-refractivity contribution is 5.64. The number of hydrogen-bond acceptors (Lipinski definition) is 11. The molecule has 6 bridgehead atoms. The first-order chi connectivity index (χ1) is 28.1. The van der Waals surface area contributed by atoms with Crippen LogP contribution in [0, 0.1) is 0 Å². The number of aliphatic hydroxyl groups excluding tert-OH is 1. The van der Waals surface area contributed by atoms with Gasteiger partial charge in [0.05, 0.1) is 21.3 Å². The van der Waals surface area contributed by atoms with E-state index >= 15 is 0 Å². The van der Waals surface area contributed by atoms with E-state index in [1.807, 2.05) is 18.2 Å². The summed E-state index contributed by atoms with van der Waals surface area (Å²) in [4.78, 5) is 9.61. The van der Waals surface area contributed by atoms with Crippen LogP contribution < -0.4 is 28.4 Å². The molecule has 11 heteroatoms. The van der Waals surface area contributed by atoms with Crippen LogP contribution in [-0.4, -0.2) is 125 Å². The molecule has 0 amide bonds. The fourth-order valence-corrected chi connectivity index (χ4v) is 9.21. The number of hydrogen-bond donors (Lipinski definition) is 1. The van der Waals surface area contributed by atoms with Crippen LogP contribution in [0.15, 0.2) is 60.7 Å². The normalized spacial score (nSPS) is 20.6. The molecule has 5 aliphatic rings. The lowest BCUT2D eigenvalue weighted by molar-refractivity contribution is 0.0389. The Balaban J connectivity index is 1.24. The van der Waals surface area contributed by atoms with Gasteiger partial charge in [-0.25, -0.2) is 0 Å². The number of methoxy groups -OCH3 is 3. The Morgan fingerprint density at radius 2 is 1.33 bits per heavy atom. The maximum absolute atomic E-state index is 11.5. The van der Waals surface area contributed by atoms with Gasteiger partial charge < -0.3 is 33.5 Å². The van der Waals surface area contributed by atoms with Crippen LogP contribution in [-0.2, 0) is 25.7 Å². The van der Waals surface area contributed by atoms with E-state index in [1.54, 1.807) is 21.3 Å². The number of β-amino-alcohol motifs (C(OH)–C–C–N with tert-alkyl or cyclic N) is 1. The summed E-state index contributed by atoms with van der Waals surface area (Å²) in [5.74, 6) is 5.03. The Morgan fingerprint density at radius 3 is 2.03 bits per heavy atom. The molecule has 0 radical (unpaired) electrons. The Morgan fingerprint density at radius 1 is 0.690 bits per heavy atom. The predicted octanol–water partition coefficient (Wildman–Crippen LogP) is 6.92. The van der Waals surface area contributed by atoms with Crippen LogP contribution in [0.4, 0.5) is 0 Å². The lowest BCUT2D eigenvalue weighted by Crippen LogP contribution is -2.51. The van der Waals surface area contributed by atoms with Crippen molar-refractivity contribution in [3.8, 4) is 46.0 Å². The van der Waals surface area contributed by atoms with Crippen LogP contribution in [0.3, 0.4) is 0 Å². The monoisotopic (exact) mass is 792 g/mol. The minimum absolute atomic E-state index is 0.0856. The molecule has 0 aromatic heterocycles. The molecule has 310 valence electrons. The van der Waals surface area contributed by atoms with E-state index in [9.17, 15) is 5.11 Å². The van der Waals surface area contributed by atoms with Gasteiger partial charge in [-0.1, -0.05) is 18.2 Å². The minimum atomic E-state index is -0.711. The van der Waals surface area contributed by atoms with Crippen molar-refractivity contribution in [3.63, 3.8) is 0 Å². The zero-order valence-electron chi connectivity index (χ0n) is 35.3. The van der Waals surface area contributed by atoms with Gasteiger partial charge in [0, 0.05) is 69.5 Å². The van der Waals surface area contributed by atoms with Gasteiger partial charge in [-0.05, 0) is 124 Å². The molecule has 1 N–H and O–H groups in total. The second-order valence-corrected chi connectivity index (χ2v) is 16.6. The van der Waals surface area contributed by atoms with Gasteiger partial charge in [-0.15, -0.1) is 0 Å². The number of rotatable bonds is 9. The number of ether oxygens (including phenoxy) is 6. The van der Waals surface area contributed by atoms with Crippen LogP contribution in [0.2, 0.25) is 0 Å². The number of piperazine rings is 1. The topological polar surface area (TPSA) is 88.6 Å². The van der Waals surface area contributed by atoms with Crippen molar-refractivity contribution < 1.29 is 33.5 Å². The molecule has 5 aliphatic heterocycles. The van der Waals surface area contributed by atoms with E-state index in [-0.39, 0.29) is 18.7 Å². The second-order valence-electron chi connectivity index (χ2n) is 16.6. The van der Waals surface area contributed by atoms with Gasteiger partial charge in [-0.3, -0.25) is 19.6 Å². The molecule has 11 nitrogen and oxygen atoms in total.